The Labute approximate surface area is 145 Å². The van der Waals surface area contributed by atoms with Crippen LogP contribution in [0.25, 0.3) is 0 Å². The van der Waals surface area contributed by atoms with Crippen molar-refractivity contribution in [2.75, 3.05) is 12.1 Å². The first-order valence-electron chi connectivity index (χ1n) is 7.90. The maximum absolute atomic E-state index is 12.7. The maximum atomic E-state index is 12.7. The molecule has 8 nitrogen and oxygen atoms in total. The van der Waals surface area contributed by atoms with Crippen molar-refractivity contribution in [3.8, 4) is 0 Å². The fourth-order valence-electron chi connectivity index (χ4n) is 2.80. The molecule has 8 heteroatoms. The molecule has 2 amide bonds. The molecule has 2 aromatic rings. The summed E-state index contributed by atoms with van der Waals surface area (Å²) in [5, 5.41) is 9.98. The predicted molar refractivity (Wildman–Crippen MR) is 93.6 cm³/mol. The normalized spacial score (nSPS) is 16.6. The molecule has 1 aliphatic rings. The molecule has 130 valence electrons. The van der Waals surface area contributed by atoms with Crippen molar-refractivity contribution in [1.82, 2.24) is 14.7 Å². The van der Waals surface area contributed by atoms with Gasteiger partial charge in [-0.15, -0.1) is 0 Å². The van der Waals surface area contributed by atoms with Crippen molar-refractivity contribution in [3.63, 3.8) is 0 Å². The molecule has 0 spiro atoms. The van der Waals surface area contributed by atoms with Crippen LogP contribution in [0.4, 0.5) is 5.69 Å². The zero-order valence-corrected chi connectivity index (χ0v) is 14.2. The number of hydrogen-bond acceptors (Lipinski definition) is 5. The number of hydrogen-bond donors (Lipinski definition) is 1. The molecule has 0 bridgehead atoms. The molecule has 3 rings (SSSR count). The van der Waals surface area contributed by atoms with Gasteiger partial charge in [0.25, 0.3) is 5.91 Å². The number of rotatable bonds is 5. The third kappa shape index (κ3) is 3.52. The number of carbonyl (C=O) groups is 2. The van der Waals surface area contributed by atoms with E-state index in [4.69, 9.17) is 5.73 Å². The summed E-state index contributed by atoms with van der Waals surface area (Å²) in [6, 6.07) is 8.55. The van der Waals surface area contributed by atoms with E-state index in [9.17, 15) is 9.59 Å². The molecule has 1 atom stereocenters. The van der Waals surface area contributed by atoms with Gasteiger partial charge in [0.15, 0.2) is 0 Å². The van der Waals surface area contributed by atoms with Crippen molar-refractivity contribution in [1.29, 1.82) is 0 Å². The molecule has 0 fully saturated rings. The number of aryl methyl sites for hydroxylation is 1. The number of anilines is 1. The fourth-order valence-corrected chi connectivity index (χ4v) is 2.80. The Morgan fingerprint density at radius 1 is 1.32 bits per heavy atom. The Hall–Kier alpha value is -3.16. The lowest BCUT2D eigenvalue weighted by molar-refractivity contribution is -0.123. The lowest BCUT2D eigenvalue weighted by Gasteiger charge is -2.20. The van der Waals surface area contributed by atoms with E-state index < -0.39 is 11.9 Å². The summed E-state index contributed by atoms with van der Waals surface area (Å²) in [5.41, 5.74) is 7.46. The number of hydrazone groups is 1. The van der Waals surface area contributed by atoms with E-state index in [2.05, 4.69) is 10.2 Å². The van der Waals surface area contributed by atoms with Gasteiger partial charge >= 0.3 is 0 Å². The highest BCUT2D eigenvalue weighted by molar-refractivity contribution is 6.40. The van der Waals surface area contributed by atoms with Crippen LogP contribution in [0, 0.1) is 0 Å². The zero-order valence-electron chi connectivity index (χ0n) is 14.2. The number of primary amides is 1. The summed E-state index contributed by atoms with van der Waals surface area (Å²) >= 11 is 0. The zero-order chi connectivity index (χ0) is 18.0. The highest BCUT2D eigenvalue weighted by atomic mass is 16.2. The molecule has 0 unspecified atom stereocenters. The van der Waals surface area contributed by atoms with Gasteiger partial charge in [0.2, 0.25) is 5.91 Å². The van der Waals surface area contributed by atoms with E-state index >= 15 is 0 Å². The monoisotopic (exact) mass is 340 g/mol. The van der Waals surface area contributed by atoms with Gasteiger partial charge in [-0.1, -0.05) is 18.2 Å². The van der Waals surface area contributed by atoms with Crippen LogP contribution in [0.5, 0.6) is 0 Å². The van der Waals surface area contributed by atoms with E-state index in [0.717, 1.165) is 11.3 Å². The Morgan fingerprint density at radius 2 is 2.04 bits per heavy atom. The second-order valence-corrected chi connectivity index (χ2v) is 6.03. The van der Waals surface area contributed by atoms with Crippen molar-refractivity contribution < 1.29 is 9.59 Å². The minimum Gasteiger partial charge on any atom is -0.368 e. The van der Waals surface area contributed by atoms with Crippen LogP contribution in [-0.4, -0.2) is 45.3 Å². The van der Waals surface area contributed by atoms with Crippen LogP contribution in [0.2, 0.25) is 0 Å². The standard InChI is InChI=1S/C17H20N6O2/c1-21(10-12-9-19-22(2)11-12)17(25)14-8-15(16(18)24)23(20-14)13-6-4-3-5-7-13/h3-7,9,11,15H,8,10H2,1-2H3,(H2,18,24)/t15-/m1/s1. The lowest BCUT2D eigenvalue weighted by atomic mass is 10.1. The largest absolute Gasteiger partial charge is 0.368 e. The van der Waals surface area contributed by atoms with E-state index in [0.29, 0.717) is 12.3 Å². The number of nitrogens with two attached hydrogens (primary N) is 1. The van der Waals surface area contributed by atoms with Crippen molar-refractivity contribution in [3.05, 3.63) is 48.3 Å². The maximum Gasteiger partial charge on any atom is 0.270 e. The molecular formula is C17H20N6O2. The van der Waals surface area contributed by atoms with Gasteiger partial charge in [0.1, 0.15) is 11.8 Å². The highest BCUT2D eigenvalue weighted by Crippen LogP contribution is 2.24. The van der Waals surface area contributed by atoms with E-state index in [1.807, 2.05) is 43.6 Å². The van der Waals surface area contributed by atoms with E-state index in [1.54, 1.807) is 22.8 Å². The second kappa shape index (κ2) is 6.76. The summed E-state index contributed by atoms with van der Waals surface area (Å²) in [6.45, 7) is 0.415. The number of amides is 2. The van der Waals surface area contributed by atoms with Crippen LogP contribution < -0.4 is 10.7 Å². The van der Waals surface area contributed by atoms with Gasteiger partial charge in [-0.25, -0.2) is 0 Å². The fraction of sp³-hybridized carbons (Fsp3) is 0.294. The van der Waals surface area contributed by atoms with E-state index in [-0.39, 0.29) is 12.3 Å². The highest BCUT2D eigenvalue weighted by Gasteiger charge is 2.35. The SMILES string of the molecule is CN(Cc1cnn(C)c1)C(=O)C1=NN(c2ccccc2)[C@@H](C(N)=O)C1. The number of carbonyl (C=O) groups excluding carboxylic acids is 2. The van der Waals surface area contributed by atoms with Gasteiger partial charge in [0.05, 0.1) is 11.9 Å². The molecule has 2 N–H and O–H groups in total. The molecule has 0 radical (unpaired) electrons. The minimum atomic E-state index is -0.659. The average Bonchev–Trinajstić information content (AvgIpc) is 3.21. The third-order valence-corrected chi connectivity index (χ3v) is 4.03. The first kappa shape index (κ1) is 16.7. The van der Waals surface area contributed by atoms with Crippen LogP contribution in [0.1, 0.15) is 12.0 Å². The van der Waals surface area contributed by atoms with Crippen molar-refractivity contribution in [2.24, 2.45) is 17.9 Å². The topological polar surface area (TPSA) is 96.8 Å². The molecule has 0 saturated carbocycles. The smallest absolute Gasteiger partial charge is 0.270 e. The predicted octanol–water partition coefficient (Wildman–Crippen LogP) is 0.499. The van der Waals surface area contributed by atoms with Crippen LogP contribution >= 0.6 is 0 Å². The quantitative estimate of drug-likeness (QED) is 0.857. The van der Waals surface area contributed by atoms with Gasteiger partial charge in [0, 0.05) is 38.8 Å². The Balaban J connectivity index is 1.78. The van der Waals surface area contributed by atoms with Crippen LogP contribution in [-0.2, 0) is 23.2 Å². The van der Waals surface area contributed by atoms with Gasteiger partial charge in [-0.05, 0) is 12.1 Å². The molecule has 2 heterocycles. The molecule has 0 saturated heterocycles. The molecular weight excluding hydrogens is 320 g/mol. The number of para-hydroxylation sites is 1. The number of aromatic nitrogens is 2. The third-order valence-electron chi connectivity index (χ3n) is 4.03. The molecule has 0 aliphatic carbocycles. The first-order valence-corrected chi connectivity index (χ1v) is 7.90. The molecule has 1 aromatic carbocycles. The van der Waals surface area contributed by atoms with Gasteiger partial charge in [-0.2, -0.15) is 10.2 Å². The summed E-state index contributed by atoms with van der Waals surface area (Å²) in [5.74, 6) is -0.737. The summed E-state index contributed by atoms with van der Waals surface area (Å²) in [6.07, 6.45) is 3.76. The Morgan fingerprint density at radius 3 is 2.64 bits per heavy atom. The van der Waals surface area contributed by atoms with E-state index in [1.165, 1.54) is 5.01 Å². The van der Waals surface area contributed by atoms with Gasteiger partial charge < -0.3 is 10.6 Å². The van der Waals surface area contributed by atoms with Crippen molar-refractivity contribution in [2.45, 2.75) is 19.0 Å². The number of benzene rings is 1. The van der Waals surface area contributed by atoms with Crippen LogP contribution in [0.15, 0.2) is 47.8 Å². The Bertz CT molecular complexity index is 814. The first-order chi connectivity index (χ1) is 12.0. The van der Waals surface area contributed by atoms with Crippen molar-refractivity contribution >= 4 is 23.2 Å². The minimum absolute atomic E-state index is 0.195. The summed E-state index contributed by atoms with van der Waals surface area (Å²) in [7, 11) is 3.52. The molecule has 1 aliphatic heterocycles. The summed E-state index contributed by atoms with van der Waals surface area (Å²) < 4.78 is 1.68. The molecule has 25 heavy (non-hydrogen) atoms. The van der Waals surface area contributed by atoms with Gasteiger partial charge in [-0.3, -0.25) is 19.3 Å². The van der Waals surface area contributed by atoms with Crippen LogP contribution in [0.3, 0.4) is 0 Å². The average molecular weight is 340 g/mol. The second-order valence-electron chi connectivity index (χ2n) is 6.03. The lowest BCUT2D eigenvalue weighted by Crippen LogP contribution is -2.40. The molecule has 1 aromatic heterocycles. The summed E-state index contributed by atoms with van der Waals surface area (Å²) in [4.78, 5) is 26.0. The number of nitrogens with zero attached hydrogens (tertiary/aromatic N) is 5. The Kier molecular flexibility index (Phi) is 4.51.